The minimum absolute atomic E-state index is 0.00975. The fourth-order valence-electron chi connectivity index (χ4n) is 2.88. The van der Waals surface area contributed by atoms with E-state index in [0.717, 1.165) is 34.6 Å². The average molecular weight is 355 g/mol. The summed E-state index contributed by atoms with van der Waals surface area (Å²) in [4.78, 5) is 12.4. The molecule has 1 atom stereocenters. The first-order valence-corrected chi connectivity index (χ1v) is 9.11. The van der Waals surface area contributed by atoms with Gasteiger partial charge in [-0.25, -0.2) is 0 Å². The third-order valence-electron chi connectivity index (χ3n) is 4.41. The van der Waals surface area contributed by atoms with E-state index in [-0.39, 0.29) is 18.6 Å². The number of ether oxygens (including phenoxy) is 2. The van der Waals surface area contributed by atoms with E-state index in [4.69, 9.17) is 9.47 Å². The maximum absolute atomic E-state index is 12.4. The zero-order valence-corrected chi connectivity index (χ0v) is 16.3. The highest BCUT2D eigenvalue weighted by molar-refractivity contribution is 5.78. The molecule has 2 aromatic rings. The first-order valence-electron chi connectivity index (χ1n) is 9.11. The molecule has 0 aliphatic heterocycles. The summed E-state index contributed by atoms with van der Waals surface area (Å²) in [5.41, 5.74) is 3.29. The third kappa shape index (κ3) is 5.25. The van der Waals surface area contributed by atoms with Crippen LogP contribution in [0.3, 0.4) is 0 Å². The summed E-state index contributed by atoms with van der Waals surface area (Å²) in [6.45, 7) is 8.32. The molecule has 0 saturated heterocycles. The van der Waals surface area contributed by atoms with Crippen molar-refractivity contribution < 1.29 is 14.3 Å². The Labute approximate surface area is 156 Å². The molecule has 0 saturated carbocycles. The molecular formula is C22H29NO3. The molecule has 0 bridgehead atoms. The molecule has 0 aliphatic rings. The number of hydrogen-bond acceptors (Lipinski definition) is 3. The van der Waals surface area contributed by atoms with Crippen molar-refractivity contribution in [3.05, 3.63) is 59.2 Å². The number of hydrogen-bond donors (Lipinski definition) is 1. The van der Waals surface area contributed by atoms with Crippen LogP contribution in [-0.4, -0.2) is 19.6 Å². The Morgan fingerprint density at radius 1 is 1.12 bits per heavy atom. The summed E-state index contributed by atoms with van der Waals surface area (Å²) in [7, 11) is 1.64. The average Bonchev–Trinajstić information content (AvgIpc) is 2.64. The van der Waals surface area contributed by atoms with Crippen LogP contribution in [0.15, 0.2) is 42.5 Å². The standard InChI is InChI=1S/C22H29NO3/c1-6-20(17-8-10-18(25-5)11-9-17)23-22(24)14-26-21-13-16(4)7-12-19(21)15(2)3/h7-13,15,20H,6,14H2,1-5H3,(H,23,24)/t20-/m1/s1. The molecule has 4 nitrogen and oxygen atoms in total. The van der Waals surface area contributed by atoms with Crippen molar-refractivity contribution in [1.29, 1.82) is 0 Å². The van der Waals surface area contributed by atoms with Crippen molar-refractivity contribution in [3.8, 4) is 11.5 Å². The second-order valence-corrected chi connectivity index (χ2v) is 6.79. The van der Waals surface area contributed by atoms with Crippen LogP contribution in [0.25, 0.3) is 0 Å². The number of methoxy groups -OCH3 is 1. The molecule has 1 N–H and O–H groups in total. The van der Waals surface area contributed by atoms with Crippen LogP contribution >= 0.6 is 0 Å². The Kier molecular flexibility index (Phi) is 7.07. The van der Waals surface area contributed by atoms with Crippen LogP contribution in [0.1, 0.15) is 55.8 Å². The summed E-state index contributed by atoms with van der Waals surface area (Å²) in [5, 5.41) is 3.05. The van der Waals surface area contributed by atoms with E-state index in [1.165, 1.54) is 0 Å². The predicted octanol–water partition coefficient (Wildman–Crippen LogP) is 4.77. The fourth-order valence-corrected chi connectivity index (χ4v) is 2.88. The number of carbonyl (C=O) groups is 1. The molecule has 4 heteroatoms. The van der Waals surface area contributed by atoms with Gasteiger partial charge in [0.05, 0.1) is 13.2 Å². The fraction of sp³-hybridized carbons (Fsp3) is 0.409. The quantitative estimate of drug-likeness (QED) is 0.742. The van der Waals surface area contributed by atoms with Gasteiger partial charge in [-0.15, -0.1) is 0 Å². The molecule has 26 heavy (non-hydrogen) atoms. The maximum Gasteiger partial charge on any atom is 0.258 e. The second kappa shape index (κ2) is 9.27. The molecule has 0 aliphatic carbocycles. The van der Waals surface area contributed by atoms with Crippen LogP contribution in [0.2, 0.25) is 0 Å². The van der Waals surface area contributed by atoms with Crippen molar-refractivity contribution >= 4 is 5.91 Å². The summed E-state index contributed by atoms with van der Waals surface area (Å²) in [6, 6.07) is 13.8. The number of carbonyl (C=O) groups excluding carboxylic acids is 1. The highest BCUT2D eigenvalue weighted by atomic mass is 16.5. The van der Waals surface area contributed by atoms with Crippen molar-refractivity contribution in [1.82, 2.24) is 5.32 Å². The van der Waals surface area contributed by atoms with Gasteiger partial charge in [0.25, 0.3) is 5.91 Å². The predicted molar refractivity (Wildman–Crippen MR) is 105 cm³/mol. The molecule has 2 rings (SSSR count). The van der Waals surface area contributed by atoms with E-state index >= 15 is 0 Å². The Morgan fingerprint density at radius 2 is 1.81 bits per heavy atom. The molecule has 0 spiro atoms. The first kappa shape index (κ1) is 19.8. The lowest BCUT2D eigenvalue weighted by Crippen LogP contribution is -2.32. The number of rotatable bonds is 8. The number of benzene rings is 2. The Morgan fingerprint density at radius 3 is 2.38 bits per heavy atom. The molecule has 1 amide bonds. The van der Waals surface area contributed by atoms with Gasteiger partial charge in [0.15, 0.2) is 6.61 Å². The summed E-state index contributed by atoms with van der Waals surface area (Å²) in [5.74, 6) is 1.81. The highest BCUT2D eigenvalue weighted by Gasteiger charge is 2.15. The van der Waals surface area contributed by atoms with Gasteiger partial charge >= 0.3 is 0 Å². The van der Waals surface area contributed by atoms with Crippen molar-refractivity contribution in [3.63, 3.8) is 0 Å². The largest absolute Gasteiger partial charge is 0.497 e. The highest BCUT2D eigenvalue weighted by Crippen LogP contribution is 2.27. The summed E-state index contributed by atoms with van der Waals surface area (Å²) >= 11 is 0. The molecule has 0 aromatic heterocycles. The normalized spacial score (nSPS) is 11.9. The minimum atomic E-state index is -0.121. The lowest BCUT2D eigenvalue weighted by atomic mass is 10.0. The van der Waals surface area contributed by atoms with Gasteiger partial charge in [-0.05, 0) is 54.2 Å². The summed E-state index contributed by atoms with van der Waals surface area (Å²) < 4.78 is 11.0. The van der Waals surface area contributed by atoms with Crippen LogP contribution in [0.4, 0.5) is 0 Å². The Bertz CT molecular complexity index is 723. The Balaban J connectivity index is 2.00. The molecule has 140 valence electrons. The maximum atomic E-state index is 12.4. The monoisotopic (exact) mass is 355 g/mol. The minimum Gasteiger partial charge on any atom is -0.497 e. The van der Waals surface area contributed by atoms with Crippen molar-refractivity contribution in [2.45, 2.75) is 46.1 Å². The lowest BCUT2D eigenvalue weighted by molar-refractivity contribution is -0.123. The van der Waals surface area contributed by atoms with Crippen molar-refractivity contribution in [2.24, 2.45) is 0 Å². The molecule has 2 aromatic carbocycles. The molecule has 0 fully saturated rings. The van der Waals surface area contributed by atoms with Gasteiger partial charge in [0, 0.05) is 0 Å². The third-order valence-corrected chi connectivity index (χ3v) is 4.41. The topological polar surface area (TPSA) is 47.6 Å². The SMILES string of the molecule is CC[C@@H](NC(=O)COc1cc(C)ccc1C(C)C)c1ccc(OC)cc1. The number of amides is 1. The second-order valence-electron chi connectivity index (χ2n) is 6.79. The molecular weight excluding hydrogens is 326 g/mol. The van der Waals surface area contributed by atoms with E-state index in [1.54, 1.807) is 7.11 Å². The Hall–Kier alpha value is -2.49. The smallest absolute Gasteiger partial charge is 0.258 e. The zero-order chi connectivity index (χ0) is 19.1. The van der Waals surface area contributed by atoms with E-state index in [9.17, 15) is 4.79 Å². The van der Waals surface area contributed by atoms with Crippen LogP contribution in [0, 0.1) is 6.92 Å². The first-order chi connectivity index (χ1) is 12.4. The van der Waals surface area contributed by atoms with Crippen LogP contribution in [-0.2, 0) is 4.79 Å². The van der Waals surface area contributed by atoms with Crippen LogP contribution < -0.4 is 14.8 Å². The van der Waals surface area contributed by atoms with Gasteiger partial charge in [-0.1, -0.05) is 45.0 Å². The van der Waals surface area contributed by atoms with Gasteiger partial charge in [0.2, 0.25) is 0 Å². The van der Waals surface area contributed by atoms with E-state index in [2.05, 4.69) is 31.3 Å². The van der Waals surface area contributed by atoms with Crippen molar-refractivity contribution in [2.75, 3.05) is 13.7 Å². The molecule has 0 unspecified atom stereocenters. The van der Waals surface area contributed by atoms with Gasteiger partial charge < -0.3 is 14.8 Å². The summed E-state index contributed by atoms with van der Waals surface area (Å²) in [6.07, 6.45) is 0.805. The van der Waals surface area contributed by atoms with Gasteiger partial charge in [0.1, 0.15) is 11.5 Å². The number of aryl methyl sites for hydroxylation is 1. The van der Waals surface area contributed by atoms with Gasteiger partial charge in [-0.3, -0.25) is 4.79 Å². The van der Waals surface area contributed by atoms with E-state index in [0.29, 0.717) is 5.92 Å². The van der Waals surface area contributed by atoms with Crippen LogP contribution in [0.5, 0.6) is 11.5 Å². The lowest BCUT2D eigenvalue weighted by Gasteiger charge is -2.19. The van der Waals surface area contributed by atoms with E-state index < -0.39 is 0 Å². The molecule has 0 heterocycles. The molecule has 0 radical (unpaired) electrons. The van der Waals surface area contributed by atoms with E-state index in [1.807, 2.05) is 44.2 Å². The number of nitrogens with one attached hydrogen (secondary N) is 1. The zero-order valence-electron chi connectivity index (χ0n) is 16.3. The van der Waals surface area contributed by atoms with Gasteiger partial charge in [-0.2, -0.15) is 0 Å².